The number of carboxylic acid groups (broad SMARTS) is 1. The first-order valence-corrected chi connectivity index (χ1v) is 15.3. The van der Waals surface area contributed by atoms with Gasteiger partial charge in [0.25, 0.3) is 5.91 Å². The van der Waals surface area contributed by atoms with Gasteiger partial charge in [0.15, 0.2) is 0 Å². The molecule has 1 unspecified atom stereocenters. The van der Waals surface area contributed by atoms with Gasteiger partial charge in [0.2, 0.25) is 0 Å². The molecule has 3 rings (SSSR count). The molecule has 0 aliphatic heterocycles. The van der Waals surface area contributed by atoms with E-state index in [-0.39, 0.29) is 25.8 Å². The molecule has 1 atom stereocenters. The fraction of sp³-hybridized carbons (Fsp3) is 0.444. The van der Waals surface area contributed by atoms with Crippen molar-refractivity contribution in [2.75, 3.05) is 6.54 Å². The summed E-state index contributed by atoms with van der Waals surface area (Å²) in [6.07, 6.45) is -6.01. The third-order valence-electron chi connectivity index (χ3n) is 7.65. The lowest BCUT2D eigenvalue weighted by Crippen LogP contribution is -2.26. The monoisotopic (exact) mass is 611 g/mol. The highest BCUT2D eigenvalue weighted by Crippen LogP contribution is 2.40. The molecule has 3 aromatic rings. The molecule has 0 bridgehead atoms. The Balaban J connectivity index is 1.88. The molecule has 0 fully saturated rings. The van der Waals surface area contributed by atoms with Gasteiger partial charge in [0.1, 0.15) is 11.9 Å². The minimum absolute atomic E-state index is 0.00567. The second kappa shape index (κ2) is 15.3. The number of halogens is 3. The number of ether oxygens (including phenoxy) is 1. The average molecular weight is 612 g/mol. The summed E-state index contributed by atoms with van der Waals surface area (Å²) in [5, 5.41) is 11.3. The highest BCUT2D eigenvalue weighted by Gasteiger charge is 2.27. The second-order valence-corrected chi connectivity index (χ2v) is 12.2. The molecule has 238 valence electrons. The fourth-order valence-electron chi connectivity index (χ4n) is 5.17. The molecule has 0 aliphatic rings. The van der Waals surface area contributed by atoms with Crippen molar-refractivity contribution in [2.45, 2.75) is 97.3 Å². The quantitative estimate of drug-likeness (QED) is 0.190. The minimum atomic E-state index is -4.27. The number of hydrogen-bond donors (Lipinski definition) is 2. The van der Waals surface area contributed by atoms with Gasteiger partial charge in [-0.05, 0) is 88.2 Å². The van der Waals surface area contributed by atoms with E-state index in [9.17, 15) is 22.8 Å². The Morgan fingerprint density at radius 1 is 0.818 bits per heavy atom. The fourth-order valence-corrected chi connectivity index (χ4v) is 5.17. The lowest BCUT2D eigenvalue weighted by atomic mass is 9.82. The number of carboxylic acids is 1. The number of hydrogen-bond acceptors (Lipinski definition) is 3. The zero-order valence-electron chi connectivity index (χ0n) is 26.4. The predicted molar refractivity (Wildman–Crippen MR) is 168 cm³/mol. The Bertz CT molecular complexity index is 1370. The molecule has 5 nitrogen and oxygen atoms in total. The van der Waals surface area contributed by atoms with Gasteiger partial charge in [0, 0.05) is 18.5 Å². The Morgan fingerprint density at radius 2 is 1.39 bits per heavy atom. The van der Waals surface area contributed by atoms with Crippen molar-refractivity contribution in [1.82, 2.24) is 5.32 Å². The molecule has 0 saturated heterocycles. The number of amides is 1. The van der Waals surface area contributed by atoms with Crippen LogP contribution in [-0.2, 0) is 4.79 Å². The maximum atomic E-state index is 13.0. The van der Waals surface area contributed by atoms with Crippen molar-refractivity contribution in [1.29, 1.82) is 0 Å². The van der Waals surface area contributed by atoms with Crippen LogP contribution in [0.5, 0.6) is 5.75 Å². The molecule has 0 radical (unpaired) electrons. The smallest absolute Gasteiger partial charge is 0.389 e. The van der Waals surface area contributed by atoms with E-state index >= 15 is 0 Å². The van der Waals surface area contributed by atoms with Gasteiger partial charge in [-0.15, -0.1) is 0 Å². The van der Waals surface area contributed by atoms with Crippen molar-refractivity contribution in [3.63, 3.8) is 0 Å². The van der Waals surface area contributed by atoms with Gasteiger partial charge in [-0.3, -0.25) is 9.59 Å². The van der Waals surface area contributed by atoms with Gasteiger partial charge >= 0.3 is 12.1 Å². The molecule has 0 saturated carbocycles. The van der Waals surface area contributed by atoms with Crippen molar-refractivity contribution >= 4 is 11.9 Å². The summed E-state index contributed by atoms with van der Waals surface area (Å²) in [6, 6.07) is 18.8. The van der Waals surface area contributed by atoms with Crippen molar-refractivity contribution in [3.05, 3.63) is 88.5 Å². The highest BCUT2D eigenvalue weighted by atomic mass is 19.4. The van der Waals surface area contributed by atoms with Gasteiger partial charge in [-0.25, -0.2) is 0 Å². The highest BCUT2D eigenvalue weighted by molar-refractivity contribution is 5.94. The molecule has 44 heavy (non-hydrogen) atoms. The van der Waals surface area contributed by atoms with Crippen LogP contribution in [0.15, 0.2) is 60.7 Å². The van der Waals surface area contributed by atoms with E-state index in [4.69, 9.17) is 9.84 Å². The molecule has 0 aromatic heterocycles. The van der Waals surface area contributed by atoms with Crippen LogP contribution in [0.25, 0.3) is 11.1 Å². The molecule has 8 heteroatoms. The summed E-state index contributed by atoms with van der Waals surface area (Å²) >= 11 is 0. The lowest BCUT2D eigenvalue weighted by Gasteiger charge is -2.24. The number of carbonyl (C=O) groups is 2. The van der Waals surface area contributed by atoms with Crippen LogP contribution in [0.4, 0.5) is 13.2 Å². The van der Waals surface area contributed by atoms with E-state index in [1.807, 2.05) is 24.3 Å². The number of nitrogens with one attached hydrogen (secondary N) is 1. The number of rotatable bonds is 14. The van der Waals surface area contributed by atoms with E-state index in [0.717, 1.165) is 5.56 Å². The first-order valence-electron chi connectivity index (χ1n) is 15.3. The molecule has 0 heterocycles. The Morgan fingerprint density at radius 3 is 1.86 bits per heavy atom. The maximum absolute atomic E-state index is 13.0. The summed E-state index contributed by atoms with van der Waals surface area (Å²) in [4.78, 5) is 23.1. The largest absolute Gasteiger partial charge is 0.486 e. The average Bonchev–Trinajstić information content (AvgIpc) is 2.95. The summed E-state index contributed by atoms with van der Waals surface area (Å²) in [7, 11) is 0. The van der Waals surface area contributed by atoms with E-state index in [2.05, 4.69) is 59.0 Å². The van der Waals surface area contributed by atoms with Gasteiger partial charge in [-0.1, -0.05) is 77.9 Å². The minimum Gasteiger partial charge on any atom is -0.486 e. The number of carbonyl (C=O) groups excluding carboxylic acids is 1. The number of alkyl halides is 3. The van der Waals surface area contributed by atoms with Crippen LogP contribution in [0.3, 0.4) is 0 Å². The van der Waals surface area contributed by atoms with Gasteiger partial charge < -0.3 is 15.2 Å². The lowest BCUT2D eigenvalue weighted by molar-refractivity contribution is -0.137. The van der Waals surface area contributed by atoms with Crippen LogP contribution < -0.4 is 10.1 Å². The van der Waals surface area contributed by atoms with Crippen LogP contribution in [-0.4, -0.2) is 29.7 Å². The standard InChI is InChI=1S/C36H44F3NO4/c1-22(2)28-20-30(23(3)4)34(31(21-28)24(5)6)26-13-15-29(16-14-26)44-32(8-7-18-36(37,38)39)25-9-11-27(12-10-25)35(43)40-19-17-33(41)42/h9-16,20-24,32H,7-8,17-19H2,1-6H3,(H,40,43)(H,41,42). The van der Waals surface area contributed by atoms with E-state index < -0.39 is 30.6 Å². The molecular formula is C36H44F3NO4. The Kier molecular flexibility index (Phi) is 12.0. The van der Waals surface area contributed by atoms with Crippen LogP contribution in [0.2, 0.25) is 0 Å². The third kappa shape index (κ3) is 9.86. The van der Waals surface area contributed by atoms with Crippen molar-refractivity contribution in [2.24, 2.45) is 0 Å². The third-order valence-corrected chi connectivity index (χ3v) is 7.65. The summed E-state index contributed by atoms with van der Waals surface area (Å²) in [5.74, 6) is 0.139. The summed E-state index contributed by atoms with van der Waals surface area (Å²) in [5.41, 5.74) is 7.12. The number of aliphatic carboxylic acids is 1. The first kappa shape index (κ1) is 34.7. The normalized spacial score (nSPS) is 12.5. The first-order chi connectivity index (χ1) is 20.7. The molecule has 2 N–H and O–H groups in total. The second-order valence-electron chi connectivity index (χ2n) is 12.2. The van der Waals surface area contributed by atoms with Crippen LogP contribution >= 0.6 is 0 Å². The molecule has 0 aliphatic carbocycles. The maximum Gasteiger partial charge on any atom is 0.389 e. The number of benzene rings is 3. The Hall–Kier alpha value is -3.81. The van der Waals surface area contributed by atoms with Crippen LogP contribution in [0, 0.1) is 0 Å². The molecule has 0 spiro atoms. The molecule has 1 amide bonds. The summed E-state index contributed by atoms with van der Waals surface area (Å²) in [6.45, 7) is 13.2. The van der Waals surface area contributed by atoms with Crippen molar-refractivity contribution in [3.8, 4) is 16.9 Å². The topological polar surface area (TPSA) is 75.6 Å². The summed E-state index contributed by atoms with van der Waals surface area (Å²) < 4.78 is 45.2. The Labute approximate surface area is 258 Å². The van der Waals surface area contributed by atoms with Crippen molar-refractivity contribution < 1.29 is 32.6 Å². The molecular weight excluding hydrogens is 567 g/mol. The zero-order chi connectivity index (χ0) is 32.6. The van der Waals surface area contributed by atoms with E-state index in [0.29, 0.717) is 34.6 Å². The predicted octanol–water partition coefficient (Wildman–Crippen LogP) is 9.78. The van der Waals surface area contributed by atoms with Gasteiger partial charge in [0.05, 0.1) is 6.42 Å². The van der Waals surface area contributed by atoms with Gasteiger partial charge in [-0.2, -0.15) is 13.2 Å². The van der Waals surface area contributed by atoms with Crippen LogP contribution in [0.1, 0.15) is 124 Å². The zero-order valence-corrected chi connectivity index (χ0v) is 26.4. The van der Waals surface area contributed by atoms with E-state index in [1.165, 1.54) is 22.3 Å². The molecule has 3 aromatic carbocycles. The SMILES string of the molecule is CC(C)c1cc(C(C)C)c(-c2ccc(OC(CCCC(F)(F)F)c3ccc(C(=O)NCCC(=O)O)cc3)cc2)c(C(C)C)c1. The van der Waals surface area contributed by atoms with E-state index in [1.54, 1.807) is 24.3 Å².